The van der Waals surface area contributed by atoms with Crippen LogP contribution < -0.4 is 9.47 Å². The lowest BCUT2D eigenvalue weighted by atomic mass is 9.93. The summed E-state index contributed by atoms with van der Waals surface area (Å²) < 4.78 is 21.3. The number of epoxide rings is 2. The molecule has 4 heteroatoms. The molecular weight excluding hydrogens is 280 g/mol. The molecule has 2 atom stereocenters. The van der Waals surface area contributed by atoms with Gasteiger partial charge < -0.3 is 18.9 Å². The molecule has 0 radical (unpaired) electrons. The zero-order chi connectivity index (χ0) is 14.9. The highest BCUT2D eigenvalue weighted by Crippen LogP contribution is 2.29. The third-order valence-corrected chi connectivity index (χ3v) is 3.90. The molecule has 0 aliphatic carbocycles. The Morgan fingerprint density at radius 3 is 1.45 bits per heavy atom. The van der Waals surface area contributed by atoms with E-state index in [-0.39, 0.29) is 12.6 Å². The summed E-state index contributed by atoms with van der Waals surface area (Å²) in [7, 11) is 0. The Morgan fingerprint density at radius 1 is 0.773 bits per heavy atom. The largest absolute Gasteiger partial charge is 0.462 e. The van der Waals surface area contributed by atoms with Crippen molar-refractivity contribution in [2.75, 3.05) is 13.2 Å². The van der Waals surface area contributed by atoms with Gasteiger partial charge in [0, 0.05) is 5.92 Å². The van der Waals surface area contributed by atoms with E-state index in [9.17, 15) is 0 Å². The summed E-state index contributed by atoms with van der Waals surface area (Å²) in [6, 6.07) is 16.4. The van der Waals surface area contributed by atoms with Gasteiger partial charge in [0.1, 0.15) is 24.7 Å². The maximum atomic E-state index is 5.57. The molecule has 0 spiro atoms. The Hall–Kier alpha value is -2.04. The highest BCUT2D eigenvalue weighted by molar-refractivity contribution is 5.37. The van der Waals surface area contributed by atoms with Gasteiger partial charge in [-0.05, 0) is 35.4 Å². The third-order valence-electron chi connectivity index (χ3n) is 3.90. The zero-order valence-corrected chi connectivity index (χ0v) is 12.4. The molecule has 4 nitrogen and oxygen atoms in total. The fraction of sp³-hybridized carbons (Fsp3) is 0.333. The van der Waals surface area contributed by atoms with E-state index in [4.69, 9.17) is 18.9 Å². The molecule has 2 aromatic rings. The molecule has 2 heterocycles. The van der Waals surface area contributed by atoms with Gasteiger partial charge in [0.2, 0.25) is 12.6 Å². The minimum atomic E-state index is -0.0498. The third kappa shape index (κ3) is 3.24. The topological polar surface area (TPSA) is 43.5 Å². The van der Waals surface area contributed by atoms with E-state index in [2.05, 4.69) is 31.2 Å². The highest BCUT2D eigenvalue weighted by Gasteiger charge is 2.25. The number of ether oxygens (including phenoxy) is 4. The van der Waals surface area contributed by atoms with Crippen molar-refractivity contribution in [2.45, 2.75) is 25.4 Å². The molecule has 0 aromatic heterocycles. The smallest absolute Gasteiger partial charge is 0.223 e. The summed E-state index contributed by atoms with van der Waals surface area (Å²) in [5.74, 6) is 2.02. The first-order chi connectivity index (χ1) is 10.8. The Kier molecular flexibility index (Phi) is 3.48. The maximum Gasteiger partial charge on any atom is 0.223 e. The molecule has 2 fully saturated rings. The minimum Gasteiger partial charge on any atom is -0.462 e. The lowest BCUT2D eigenvalue weighted by Gasteiger charge is -2.14. The average Bonchev–Trinajstić information content (AvgIpc) is 3.45. The predicted octanol–water partition coefficient (Wildman–Crippen LogP) is 3.31. The Bertz CT molecular complexity index is 570. The Balaban J connectivity index is 1.43. The predicted molar refractivity (Wildman–Crippen MR) is 81.1 cm³/mol. The van der Waals surface area contributed by atoms with Crippen molar-refractivity contribution in [3.8, 4) is 11.5 Å². The first kappa shape index (κ1) is 13.6. The number of hydrogen-bond donors (Lipinski definition) is 0. The average molecular weight is 298 g/mol. The van der Waals surface area contributed by atoms with Gasteiger partial charge in [0.15, 0.2) is 0 Å². The van der Waals surface area contributed by atoms with Gasteiger partial charge in [-0.1, -0.05) is 31.2 Å². The molecule has 0 bridgehead atoms. The molecule has 0 saturated carbocycles. The fourth-order valence-electron chi connectivity index (χ4n) is 2.38. The van der Waals surface area contributed by atoms with Crippen LogP contribution in [0.2, 0.25) is 0 Å². The van der Waals surface area contributed by atoms with E-state index in [1.54, 1.807) is 0 Å². The van der Waals surface area contributed by atoms with Gasteiger partial charge in [-0.25, -0.2) is 0 Å². The molecule has 114 valence electrons. The van der Waals surface area contributed by atoms with Crippen molar-refractivity contribution in [1.82, 2.24) is 0 Å². The van der Waals surface area contributed by atoms with Crippen LogP contribution in [0, 0.1) is 0 Å². The number of hydrogen-bond acceptors (Lipinski definition) is 4. The van der Waals surface area contributed by atoms with Crippen molar-refractivity contribution < 1.29 is 18.9 Å². The van der Waals surface area contributed by atoms with Crippen LogP contribution in [0.4, 0.5) is 0 Å². The highest BCUT2D eigenvalue weighted by atomic mass is 16.8. The molecule has 4 rings (SSSR count). The molecule has 2 aromatic carbocycles. The molecule has 22 heavy (non-hydrogen) atoms. The van der Waals surface area contributed by atoms with Gasteiger partial charge in [-0.2, -0.15) is 0 Å². The quantitative estimate of drug-likeness (QED) is 0.767. The normalized spacial score (nSPS) is 23.7. The molecule has 0 amide bonds. The molecule has 2 unspecified atom stereocenters. The van der Waals surface area contributed by atoms with Crippen molar-refractivity contribution in [2.24, 2.45) is 0 Å². The standard InChI is InChI=1S/C18H18O4/c1-12(13-2-6-15(7-3-13)21-17-10-19-17)14-4-8-16(9-5-14)22-18-11-20-18/h2-9,12,17-18H,10-11H2,1H3. The van der Waals surface area contributed by atoms with Crippen LogP contribution in [0.1, 0.15) is 24.0 Å². The lowest BCUT2D eigenvalue weighted by molar-refractivity contribution is 0.179. The van der Waals surface area contributed by atoms with Crippen molar-refractivity contribution in [1.29, 1.82) is 0 Å². The number of rotatable bonds is 6. The summed E-state index contributed by atoms with van der Waals surface area (Å²) in [6.07, 6.45) is -0.0995. The van der Waals surface area contributed by atoms with Crippen LogP contribution in [-0.2, 0) is 9.47 Å². The fourth-order valence-corrected chi connectivity index (χ4v) is 2.38. The van der Waals surface area contributed by atoms with Crippen molar-refractivity contribution >= 4 is 0 Å². The first-order valence-electron chi connectivity index (χ1n) is 7.54. The summed E-state index contributed by atoms with van der Waals surface area (Å²) in [6.45, 7) is 3.58. The van der Waals surface area contributed by atoms with E-state index in [0.717, 1.165) is 11.5 Å². The second kappa shape index (κ2) is 5.63. The van der Waals surface area contributed by atoms with Crippen LogP contribution in [0.5, 0.6) is 11.5 Å². The summed E-state index contributed by atoms with van der Waals surface area (Å²) in [5.41, 5.74) is 2.51. The van der Waals surface area contributed by atoms with E-state index >= 15 is 0 Å². The van der Waals surface area contributed by atoms with E-state index in [1.165, 1.54) is 11.1 Å². The second-order valence-corrected chi connectivity index (χ2v) is 5.62. The van der Waals surface area contributed by atoms with Gasteiger partial charge in [0.25, 0.3) is 0 Å². The SMILES string of the molecule is CC(c1ccc(OC2CO2)cc1)c1ccc(OC2CO2)cc1. The van der Waals surface area contributed by atoms with E-state index in [1.807, 2.05) is 24.3 Å². The van der Waals surface area contributed by atoms with E-state index < -0.39 is 0 Å². The lowest BCUT2D eigenvalue weighted by Crippen LogP contribution is -2.00. The number of benzene rings is 2. The Labute approximate surface area is 129 Å². The van der Waals surface area contributed by atoms with Gasteiger partial charge in [-0.15, -0.1) is 0 Å². The monoisotopic (exact) mass is 298 g/mol. The zero-order valence-electron chi connectivity index (χ0n) is 12.4. The Morgan fingerprint density at radius 2 is 1.14 bits per heavy atom. The molecular formula is C18H18O4. The van der Waals surface area contributed by atoms with E-state index in [0.29, 0.717) is 19.1 Å². The molecule has 0 N–H and O–H groups in total. The summed E-state index contributed by atoms with van der Waals surface area (Å²) >= 11 is 0. The van der Waals surface area contributed by atoms with Gasteiger partial charge in [-0.3, -0.25) is 0 Å². The van der Waals surface area contributed by atoms with Crippen molar-refractivity contribution in [3.05, 3.63) is 59.7 Å². The van der Waals surface area contributed by atoms with Crippen LogP contribution in [0.3, 0.4) is 0 Å². The van der Waals surface area contributed by atoms with Crippen LogP contribution >= 0.6 is 0 Å². The van der Waals surface area contributed by atoms with Gasteiger partial charge >= 0.3 is 0 Å². The summed E-state index contributed by atoms with van der Waals surface area (Å²) in [4.78, 5) is 0. The minimum absolute atomic E-state index is 0.0498. The van der Waals surface area contributed by atoms with Crippen LogP contribution in [-0.4, -0.2) is 25.8 Å². The molecule has 2 aliphatic rings. The van der Waals surface area contributed by atoms with Crippen LogP contribution in [0.25, 0.3) is 0 Å². The maximum absolute atomic E-state index is 5.57. The first-order valence-corrected chi connectivity index (χ1v) is 7.54. The summed E-state index contributed by atoms with van der Waals surface area (Å²) in [5, 5.41) is 0. The molecule has 2 aliphatic heterocycles. The van der Waals surface area contributed by atoms with Crippen LogP contribution in [0.15, 0.2) is 48.5 Å². The van der Waals surface area contributed by atoms with Gasteiger partial charge in [0.05, 0.1) is 0 Å². The molecule has 2 saturated heterocycles. The van der Waals surface area contributed by atoms with Crippen molar-refractivity contribution in [3.63, 3.8) is 0 Å². The second-order valence-electron chi connectivity index (χ2n) is 5.62.